The van der Waals surface area contributed by atoms with Gasteiger partial charge < -0.3 is 10.6 Å². The Labute approximate surface area is 164 Å². The molecule has 2 unspecified atom stereocenters. The van der Waals surface area contributed by atoms with E-state index in [-0.39, 0.29) is 11.3 Å². The highest BCUT2D eigenvalue weighted by Gasteiger charge is 2.44. The molecule has 0 radical (unpaired) electrons. The summed E-state index contributed by atoms with van der Waals surface area (Å²) in [6.07, 6.45) is 16.3. The molecule has 3 aliphatic rings. The fraction of sp³-hybridized carbons (Fsp3) is 0.708. The summed E-state index contributed by atoms with van der Waals surface area (Å²) < 4.78 is 0. The van der Waals surface area contributed by atoms with Crippen LogP contribution in [0.2, 0.25) is 0 Å². The van der Waals surface area contributed by atoms with Crippen molar-refractivity contribution >= 4 is 5.91 Å². The van der Waals surface area contributed by atoms with Crippen LogP contribution in [-0.4, -0.2) is 29.9 Å². The second-order valence-corrected chi connectivity index (χ2v) is 9.37. The Hall–Kier alpha value is -1.35. The molecule has 1 amide bonds. The van der Waals surface area contributed by atoms with Crippen LogP contribution in [0.15, 0.2) is 24.3 Å². The van der Waals surface area contributed by atoms with Crippen LogP contribution in [0, 0.1) is 5.92 Å². The van der Waals surface area contributed by atoms with E-state index < -0.39 is 0 Å². The van der Waals surface area contributed by atoms with E-state index in [1.807, 2.05) is 12.1 Å². The van der Waals surface area contributed by atoms with Gasteiger partial charge in [-0.3, -0.25) is 4.79 Å². The Morgan fingerprint density at radius 2 is 1.89 bits per heavy atom. The van der Waals surface area contributed by atoms with Gasteiger partial charge in [-0.2, -0.15) is 0 Å². The number of carbonyl (C=O) groups is 1. The minimum absolute atomic E-state index is 0.175. The van der Waals surface area contributed by atoms with E-state index in [0.29, 0.717) is 6.04 Å². The predicted octanol–water partition coefficient (Wildman–Crippen LogP) is 5.03. The van der Waals surface area contributed by atoms with Crippen molar-refractivity contribution in [2.45, 2.75) is 88.5 Å². The fourth-order valence-corrected chi connectivity index (χ4v) is 6.30. The van der Waals surface area contributed by atoms with Gasteiger partial charge in [0.25, 0.3) is 0 Å². The fourth-order valence-electron chi connectivity index (χ4n) is 6.30. The Bertz CT molecular complexity index is 652. The molecule has 2 N–H and O–H groups in total. The summed E-state index contributed by atoms with van der Waals surface area (Å²) in [6, 6.07) is 8.81. The van der Waals surface area contributed by atoms with Crippen LogP contribution >= 0.6 is 0 Å². The summed E-state index contributed by atoms with van der Waals surface area (Å²) >= 11 is 0. The first-order valence-electron chi connectivity index (χ1n) is 11.3. The predicted molar refractivity (Wildman–Crippen MR) is 111 cm³/mol. The molecule has 0 spiro atoms. The lowest BCUT2D eigenvalue weighted by Gasteiger charge is -2.51. The summed E-state index contributed by atoms with van der Waals surface area (Å²) in [4.78, 5) is 14.8. The smallest absolute Gasteiger partial charge is 0.248 e. The molecule has 2 aliphatic carbocycles. The molecule has 0 aromatic heterocycles. The van der Waals surface area contributed by atoms with Crippen LogP contribution in [0.3, 0.4) is 0 Å². The third kappa shape index (κ3) is 4.08. The Balaban J connectivity index is 1.40. The lowest BCUT2D eigenvalue weighted by atomic mass is 9.62. The van der Waals surface area contributed by atoms with Gasteiger partial charge in [0.1, 0.15) is 0 Å². The van der Waals surface area contributed by atoms with Crippen LogP contribution in [0.4, 0.5) is 0 Å². The topological polar surface area (TPSA) is 46.3 Å². The van der Waals surface area contributed by atoms with Crippen LogP contribution in [0.25, 0.3) is 0 Å². The van der Waals surface area contributed by atoms with Crippen LogP contribution < -0.4 is 5.73 Å². The molecule has 1 heterocycles. The first kappa shape index (κ1) is 19.0. The minimum Gasteiger partial charge on any atom is -0.366 e. The molecule has 148 valence electrons. The van der Waals surface area contributed by atoms with Gasteiger partial charge in [-0.05, 0) is 74.6 Å². The number of nitrogens with zero attached hydrogens (tertiary/aromatic N) is 1. The second kappa shape index (κ2) is 8.34. The third-order valence-electron chi connectivity index (χ3n) is 7.76. The van der Waals surface area contributed by atoms with E-state index in [4.69, 9.17) is 5.73 Å². The van der Waals surface area contributed by atoms with E-state index in [0.717, 1.165) is 11.5 Å². The maximum absolute atomic E-state index is 12.0. The summed E-state index contributed by atoms with van der Waals surface area (Å²) in [5.74, 6) is 0.730. The maximum Gasteiger partial charge on any atom is 0.248 e. The zero-order valence-corrected chi connectivity index (χ0v) is 16.8. The molecule has 1 saturated heterocycles. The van der Waals surface area contributed by atoms with Crippen LogP contribution in [-0.2, 0) is 5.41 Å². The summed E-state index contributed by atoms with van der Waals surface area (Å²) in [7, 11) is 0. The van der Waals surface area contributed by atoms with E-state index >= 15 is 0 Å². The van der Waals surface area contributed by atoms with Gasteiger partial charge in [0.05, 0.1) is 0 Å². The molecule has 27 heavy (non-hydrogen) atoms. The zero-order valence-electron chi connectivity index (χ0n) is 16.8. The number of hydrogen-bond donors (Lipinski definition) is 1. The number of piperidine rings is 1. The number of nitrogens with two attached hydrogens (primary N) is 1. The van der Waals surface area contributed by atoms with Gasteiger partial charge in [0, 0.05) is 11.6 Å². The number of benzene rings is 1. The van der Waals surface area contributed by atoms with Crippen molar-refractivity contribution in [3.05, 3.63) is 35.4 Å². The Kier molecular flexibility index (Phi) is 5.87. The number of primary amides is 1. The second-order valence-electron chi connectivity index (χ2n) is 9.37. The number of likely N-dealkylation sites (tertiary alicyclic amines) is 1. The van der Waals surface area contributed by atoms with Gasteiger partial charge in [-0.15, -0.1) is 0 Å². The molecule has 2 atom stereocenters. The molecule has 1 aliphatic heterocycles. The Morgan fingerprint density at radius 1 is 1.07 bits per heavy atom. The lowest BCUT2D eigenvalue weighted by Crippen LogP contribution is -2.52. The molecule has 3 nitrogen and oxygen atoms in total. The third-order valence-corrected chi connectivity index (χ3v) is 7.76. The zero-order chi connectivity index (χ0) is 18.7. The van der Waals surface area contributed by atoms with Crippen LogP contribution in [0.1, 0.15) is 93.0 Å². The van der Waals surface area contributed by atoms with Gasteiger partial charge in [-0.25, -0.2) is 0 Å². The average molecular weight is 369 g/mol. The molecular formula is C24H36N2O. The van der Waals surface area contributed by atoms with Crippen molar-refractivity contribution in [1.82, 2.24) is 4.90 Å². The molecule has 3 fully saturated rings. The molecule has 1 aromatic rings. The number of fused-ring (bicyclic) bond motifs is 2. The van der Waals surface area contributed by atoms with Crippen molar-refractivity contribution in [1.29, 1.82) is 0 Å². The molecule has 3 heteroatoms. The van der Waals surface area contributed by atoms with E-state index in [2.05, 4.69) is 17.0 Å². The van der Waals surface area contributed by atoms with Crippen molar-refractivity contribution in [2.24, 2.45) is 11.7 Å². The molecule has 1 aromatic carbocycles. The van der Waals surface area contributed by atoms with Crippen LogP contribution in [0.5, 0.6) is 0 Å². The largest absolute Gasteiger partial charge is 0.366 e. The molecule has 2 bridgehead atoms. The maximum atomic E-state index is 12.0. The van der Waals surface area contributed by atoms with Gasteiger partial charge in [-0.1, -0.05) is 56.7 Å². The highest BCUT2D eigenvalue weighted by molar-refractivity contribution is 5.94. The number of rotatable bonds is 6. The number of carbonyl (C=O) groups excluding carboxylic acids is 1. The summed E-state index contributed by atoms with van der Waals surface area (Å²) in [5.41, 5.74) is 7.86. The van der Waals surface area contributed by atoms with E-state index in [1.165, 1.54) is 95.7 Å². The number of hydrogen-bond acceptors (Lipinski definition) is 2. The standard InChI is InChI=1S/C24H36N2O/c25-23(27)21-12-4-5-13-22(21)24-14-6-11-20(18-24)26(17-15-24)16-7-10-19-8-2-1-3-9-19/h4-5,12-13,19-20H,1-3,6-11,14-18H2,(H2,25,27). The molecule has 2 saturated carbocycles. The Morgan fingerprint density at radius 3 is 2.70 bits per heavy atom. The SMILES string of the molecule is NC(=O)c1ccccc1C12CCCC(C1)N(CCCC1CCCCC1)CC2. The highest BCUT2D eigenvalue weighted by Crippen LogP contribution is 2.48. The quantitative estimate of drug-likeness (QED) is 0.765. The monoisotopic (exact) mass is 368 g/mol. The van der Waals surface area contributed by atoms with Crippen molar-refractivity contribution < 1.29 is 4.79 Å². The normalized spacial score (nSPS) is 29.6. The highest BCUT2D eigenvalue weighted by atomic mass is 16.1. The average Bonchev–Trinajstić information content (AvgIpc) is 2.71. The molecular weight excluding hydrogens is 332 g/mol. The van der Waals surface area contributed by atoms with Gasteiger partial charge in [0.2, 0.25) is 5.91 Å². The first-order valence-corrected chi connectivity index (χ1v) is 11.3. The number of amides is 1. The van der Waals surface area contributed by atoms with Crippen molar-refractivity contribution in [3.63, 3.8) is 0 Å². The van der Waals surface area contributed by atoms with Gasteiger partial charge >= 0.3 is 0 Å². The van der Waals surface area contributed by atoms with E-state index in [1.54, 1.807) is 0 Å². The van der Waals surface area contributed by atoms with Gasteiger partial charge in [0.15, 0.2) is 0 Å². The molecule has 4 rings (SSSR count). The first-order chi connectivity index (χ1) is 13.2. The van der Waals surface area contributed by atoms with Crippen molar-refractivity contribution in [2.75, 3.05) is 13.1 Å². The minimum atomic E-state index is -0.267. The van der Waals surface area contributed by atoms with Crippen molar-refractivity contribution in [3.8, 4) is 0 Å². The summed E-state index contributed by atoms with van der Waals surface area (Å²) in [5, 5.41) is 0. The van der Waals surface area contributed by atoms with E-state index in [9.17, 15) is 4.79 Å². The lowest BCUT2D eigenvalue weighted by molar-refractivity contribution is 0.0486. The summed E-state index contributed by atoms with van der Waals surface area (Å²) in [6.45, 7) is 2.46.